The number of nitrogens with zero attached hydrogens (tertiary/aromatic N) is 3. The lowest BCUT2D eigenvalue weighted by Gasteiger charge is -2.28. The van der Waals surface area contributed by atoms with Crippen molar-refractivity contribution in [1.82, 2.24) is 13.9 Å². The fourth-order valence-electron chi connectivity index (χ4n) is 3.10. The summed E-state index contributed by atoms with van der Waals surface area (Å²) in [7, 11) is -3.76. The fourth-order valence-corrected chi connectivity index (χ4v) is 4.73. The van der Waals surface area contributed by atoms with Gasteiger partial charge >= 0.3 is 6.18 Å². The molecular weight excluding hydrogens is 445 g/mol. The average molecular weight is 465 g/mol. The quantitative estimate of drug-likeness (QED) is 0.732. The Bertz CT molecular complexity index is 1030. The van der Waals surface area contributed by atoms with Gasteiger partial charge in [0.1, 0.15) is 6.54 Å². The normalized spacial score (nSPS) is 16.6. The second kappa shape index (κ2) is 8.56. The summed E-state index contributed by atoms with van der Waals surface area (Å²) in [6.07, 6.45) is -0.692. The molecule has 1 aliphatic heterocycles. The molecule has 0 bridgehead atoms. The van der Waals surface area contributed by atoms with Crippen molar-refractivity contribution in [2.24, 2.45) is 5.92 Å². The highest BCUT2D eigenvalue weighted by Crippen LogP contribution is 2.36. The second-order valence-electron chi connectivity index (χ2n) is 7.21. The van der Waals surface area contributed by atoms with Crippen molar-refractivity contribution in [3.05, 3.63) is 41.3 Å². The van der Waals surface area contributed by atoms with Crippen molar-refractivity contribution in [1.29, 1.82) is 0 Å². The van der Waals surface area contributed by atoms with E-state index in [2.05, 4.69) is 17.2 Å². The number of hydrogen-bond acceptors (Lipinski definition) is 4. The number of piperidine rings is 1. The van der Waals surface area contributed by atoms with Crippen molar-refractivity contribution >= 4 is 33.2 Å². The summed E-state index contributed by atoms with van der Waals surface area (Å²) in [4.78, 5) is 16.1. The third-order valence-electron chi connectivity index (χ3n) is 4.84. The number of rotatable bonds is 5. The van der Waals surface area contributed by atoms with Gasteiger partial charge in [0.05, 0.1) is 16.9 Å². The van der Waals surface area contributed by atoms with Crippen LogP contribution in [0.2, 0.25) is 5.02 Å². The molecule has 0 radical (unpaired) electrons. The van der Waals surface area contributed by atoms with E-state index >= 15 is 0 Å². The summed E-state index contributed by atoms with van der Waals surface area (Å²) >= 11 is 5.56. The lowest BCUT2D eigenvalue weighted by atomic mass is 10.0. The topological polar surface area (TPSA) is 84.3 Å². The Morgan fingerprint density at radius 1 is 1.30 bits per heavy atom. The van der Waals surface area contributed by atoms with Crippen molar-refractivity contribution in [2.75, 3.05) is 18.4 Å². The molecule has 1 fully saturated rings. The van der Waals surface area contributed by atoms with E-state index in [0.29, 0.717) is 19.0 Å². The van der Waals surface area contributed by atoms with Gasteiger partial charge in [0, 0.05) is 25.0 Å². The van der Waals surface area contributed by atoms with E-state index in [1.807, 2.05) is 0 Å². The van der Waals surface area contributed by atoms with Gasteiger partial charge in [-0.1, -0.05) is 18.5 Å². The molecule has 1 aromatic heterocycles. The fraction of sp³-hybridized carbons (Fsp3) is 0.444. The van der Waals surface area contributed by atoms with E-state index in [9.17, 15) is 26.4 Å². The highest BCUT2D eigenvalue weighted by Gasteiger charge is 2.33. The Kier molecular flexibility index (Phi) is 6.44. The molecule has 2 aromatic rings. The van der Waals surface area contributed by atoms with Gasteiger partial charge in [-0.05, 0) is 37.0 Å². The zero-order valence-electron chi connectivity index (χ0n) is 16.0. The number of imidazole rings is 1. The van der Waals surface area contributed by atoms with Gasteiger partial charge in [0.15, 0.2) is 5.03 Å². The number of nitrogens with one attached hydrogen (secondary N) is 1. The SMILES string of the molecule is CC1CCN(S(=O)(=O)c2cn(CC(=O)Nc3ccc(Cl)c(C(F)(F)F)c3)cn2)CC1. The van der Waals surface area contributed by atoms with Gasteiger partial charge < -0.3 is 9.88 Å². The molecule has 1 N–H and O–H groups in total. The summed E-state index contributed by atoms with van der Waals surface area (Å²) in [6.45, 7) is 2.57. The van der Waals surface area contributed by atoms with Gasteiger partial charge in [-0.2, -0.15) is 17.5 Å². The number of anilines is 1. The van der Waals surface area contributed by atoms with Gasteiger partial charge in [-0.25, -0.2) is 13.4 Å². The number of carbonyl (C=O) groups excluding carboxylic acids is 1. The van der Waals surface area contributed by atoms with Crippen LogP contribution in [-0.2, 0) is 27.5 Å². The van der Waals surface area contributed by atoms with E-state index in [1.54, 1.807) is 0 Å². The van der Waals surface area contributed by atoms with E-state index < -0.39 is 32.7 Å². The molecule has 1 saturated heterocycles. The Balaban J connectivity index is 1.67. The summed E-state index contributed by atoms with van der Waals surface area (Å²) in [5.74, 6) is -0.179. The maximum atomic E-state index is 12.9. The summed E-state index contributed by atoms with van der Waals surface area (Å²) in [5.41, 5.74) is -1.14. The van der Waals surface area contributed by atoms with Crippen molar-refractivity contribution in [2.45, 2.75) is 37.5 Å². The standard InChI is InChI=1S/C18H20ClF3N4O3S/c1-12-4-6-26(7-5-12)30(28,29)17-10-25(11-23-17)9-16(27)24-13-2-3-15(19)14(8-13)18(20,21)22/h2-3,8,10-12H,4-7,9H2,1H3,(H,24,27). The maximum absolute atomic E-state index is 12.9. The highest BCUT2D eigenvalue weighted by molar-refractivity contribution is 7.89. The number of benzene rings is 1. The molecule has 1 amide bonds. The van der Waals surface area contributed by atoms with E-state index in [4.69, 9.17) is 11.6 Å². The van der Waals surface area contributed by atoms with Gasteiger partial charge in [-0.3, -0.25) is 4.79 Å². The third kappa shape index (κ3) is 5.13. The van der Waals surface area contributed by atoms with Gasteiger partial charge in [0.25, 0.3) is 10.0 Å². The summed E-state index contributed by atoms with van der Waals surface area (Å²) in [5, 5.41) is 1.69. The van der Waals surface area contributed by atoms with Crippen LogP contribution >= 0.6 is 11.6 Å². The van der Waals surface area contributed by atoms with Crippen LogP contribution in [0.3, 0.4) is 0 Å². The smallest absolute Gasteiger partial charge is 0.327 e. The monoisotopic (exact) mass is 464 g/mol. The zero-order chi connectivity index (χ0) is 22.1. The van der Waals surface area contributed by atoms with Gasteiger partial charge in [0.2, 0.25) is 5.91 Å². The predicted molar refractivity (Wildman–Crippen MR) is 104 cm³/mol. The van der Waals surface area contributed by atoms with Crippen LogP contribution in [0.5, 0.6) is 0 Å². The lowest BCUT2D eigenvalue weighted by Crippen LogP contribution is -2.38. The highest BCUT2D eigenvalue weighted by atomic mass is 35.5. The molecule has 0 saturated carbocycles. The number of amides is 1. The number of alkyl halides is 3. The van der Waals surface area contributed by atoms with Crippen LogP contribution in [0, 0.1) is 5.92 Å². The number of hydrogen-bond donors (Lipinski definition) is 1. The van der Waals surface area contributed by atoms with Crippen molar-refractivity contribution in [3.63, 3.8) is 0 Å². The van der Waals surface area contributed by atoms with E-state index in [1.165, 1.54) is 27.5 Å². The first-order valence-electron chi connectivity index (χ1n) is 9.15. The molecule has 30 heavy (non-hydrogen) atoms. The van der Waals surface area contributed by atoms with E-state index in [0.717, 1.165) is 25.0 Å². The Morgan fingerprint density at radius 2 is 1.97 bits per heavy atom. The van der Waals surface area contributed by atoms with E-state index in [-0.39, 0.29) is 17.3 Å². The first-order chi connectivity index (χ1) is 14.0. The average Bonchev–Trinajstić information content (AvgIpc) is 3.12. The number of halogens is 4. The first-order valence-corrected chi connectivity index (χ1v) is 11.0. The van der Waals surface area contributed by atoms with Crippen LogP contribution in [0.15, 0.2) is 35.7 Å². The minimum absolute atomic E-state index is 0.0767. The van der Waals surface area contributed by atoms with Crippen molar-refractivity contribution in [3.8, 4) is 0 Å². The second-order valence-corrected chi connectivity index (χ2v) is 9.50. The number of carbonyl (C=O) groups is 1. The molecule has 0 aliphatic carbocycles. The molecule has 3 rings (SSSR count). The minimum atomic E-state index is -4.66. The Morgan fingerprint density at radius 3 is 2.60 bits per heavy atom. The Hall–Kier alpha value is -2.11. The largest absolute Gasteiger partial charge is 0.417 e. The molecular formula is C18H20ClF3N4O3S. The molecule has 164 valence electrons. The lowest BCUT2D eigenvalue weighted by molar-refractivity contribution is -0.137. The Labute approximate surface area is 176 Å². The molecule has 1 aromatic carbocycles. The molecule has 2 heterocycles. The van der Waals surface area contributed by atoms with Gasteiger partial charge in [-0.15, -0.1) is 0 Å². The maximum Gasteiger partial charge on any atom is 0.417 e. The van der Waals surface area contributed by atoms with Crippen LogP contribution < -0.4 is 5.32 Å². The minimum Gasteiger partial charge on any atom is -0.327 e. The molecule has 0 atom stereocenters. The van der Waals surface area contributed by atoms with Crippen LogP contribution in [0.4, 0.5) is 18.9 Å². The molecule has 12 heteroatoms. The number of sulfonamides is 1. The van der Waals surface area contributed by atoms with Crippen LogP contribution in [0.1, 0.15) is 25.3 Å². The first kappa shape index (κ1) is 22.6. The zero-order valence-corrected chi connectivity index (χ0v) is 17.6. The third-order valence-corrected chi connectivity index (χ3v) is 6.95. The molecule has 0 spiro atoms. The predicted octanol–water partition coefficient (Wildman–Crippen LogP) is 3.61. The molecule has 7 nitrogen and oxygen atoms in total. The van der Waals surface area contributed by atoms with Crippen molar-refractivity contribution < 1.29 is 26.4 Å². The number of aromatic nitrogens is 2. The van der Waals surface area contributed by atoms with Crippen LogP contribution in [-0.4, -0.2) is 41.3 Å². The molecule has 0 unspecified atom stereocenters. The molecule has 1 aliphatic rings. The summed E-state index contributed by atoms with van der Waals surface area (Å²) < 4.78 is 66.8. The van der Waals surface area contributed by atoms with Crippen LogP contribution in [0.25, 0.3) is 0 Å². The summed E-state index contributed by atoms with van der Waals surface area (Å²) in [6, 6.07) is 3.03.